The van der Waals surface area contributed by atoms with E-state index in [1.165, 1.54) is 37.7 Å². The number of rotatable bonds is 6. The summed E-state index contributed by atoms with van der Waals surface area (Å²) in [5.74, 6) is 0.360. The van der Waals surface area contributed by atoms with Crippen LogP contribution >= 0.6 is 0 Å². The number of para-hydroxylation sites is 1. The van der Waals surface area contributed by atoms with E-state index >= 15 is 0 Å². The molecule has 1 aromatic carbocycles. The van der Waals surface area contributed by atoms with Crippen LogP contribution in [0.15, 0.2) is 24.3 Å². The molecule has 0 unspecified atom stereocenters. The largest absolute Gasteiger partial charge is 0.444 e. The lowest BCUT2D eigenvalue weighted by Crippen LogP contribution is -2.42. The van der Waals surface area contributed by atoms with Gasteiger partial charge in [0.15, 0.2) is 0 Å². The highest BCUT2D eigenvalue weighted by atomic mass is 16.6. The fourth-order valence-corrected chi connectivity index (χ4v) is 4.81. The van der Waals surface area contributed by atoms with Gasteiger partial charge in [0.1, 0.15) is 5.60 Å². The minimum absolute atomic E-state index is 0.0634. The molecule has 0 aromatic heterocycles. The first-order valence-electron chi connectivity index (χ1n) is 12.3. The molecule has 32 heavy (non-hydrogen) atoms. The Morgan fingerprint density at radius 1 is 1.06 bits per heavy atom. The van der Waals surface area contributed by atoms with Crippen molar-refractivity contribution >= 4 is 17.7 Å². The van der Waals surface area contributed by atoms with Gasteiger partial charge in [0.05, 0.1) is 0 Å². The van der Waals surface area contributed by atoms with Crippen molar-refractivity contribution in [3.8, 4) is 0 Å². The standard InChI is InChI=1S/C26H41N3O3/c1-26(2,3)32-25(31)29-16-14-20(15-17-29)18-24(30)27-23-13-9-8-10-21(23)19-28(4)22-11-6-5-7-12-22/h8-10,13,20,22H,5-7,11-12,14-19H2,1-4H3,(H,27,30). The van der Waals surface area contributed by atoms with E-state index in [0.717, 1.165) is 25.1 Å². The molecule has 1 aromatic rings. The van der Waals surface area contributed by atoms with E-state index in [0.29, 0.717) is 31.5 Å². The van der Waals surface area contributed by atoms with Crippen molar-refractivity contribution in [2.45, 2.75) is 90.3 Å². The molecule has 1 heterocycles. The third kappa shape index (κ3) is 7.51. The van der Waals surface area contributed by atoms with E-state index in [9.17, 15) is 9.59 Å². The molecule has 6 heteroatoms. The minimum Gasteiger partial charge on any atom is -0.444 e. The molecule has 3 rings (SSSR count). The van der Waals surface area contributed by atoms with Gasteiger partial charge >= 0.3 is 6.09 Å². The number of ether oxygens (including phenoxy) is 1. The van der Waals surface area contributed by atoms with Crippen LogP contribution in [-0.2, 0) is 16.1 Å². The summed E-state index contributed by atoms with van der Waals surface area (Å²) in [4.78, 5) is 29.2. The van der Waals surface area contributed by atoms with Gasteiger partial charge in [-0.3, -0.25) is 9.69 Å². The maximum absolute atomic E-state index is 12.8. The van der Waals surface area contributed by atoms with Crippen LogP contribution in [0, 0.1) is 5.92 Å². The Morgan fingerprint density at radius 3 is 2.38 bits per heavy atom. The van der Waals surface area contributed by atoms with E-state index in [2.05, 4.69) is 23.3 Å². The summed E-state index contributed by atoms with van der Waals surface area (Å²) in [6.07, 6.45) is 8.44. The number of hydrogen-bond acceptors (Lipinski definition) is 4. The van der Waals surface area contributed by atoms with Crippen molar-refractivity contribution in [2.24, 2.45) is 5.92 Å². The van der Waals surface area contributed by atoms with Gasteiger partial charge in [0.2, 0.25) is 5.91 Å². The summed E-state index contributed by atoms with van der Waals surface area (Å²) in [5, 5.41) is 3.16. The predicted molar refractivity (Wildman–Crippen MR) is 129 cm³/mol. The fourth-order valence-electron chi connectivity index (χ4n) is 4.81. The number of hydrogen-bond donors (Lipinski definition) is 1. The number of benzene rings is 1. The highest BCUT2D eigenvalue weighted by Crippen LogP contribution is 2.26. The van der Waals surface area contributed by atoms with Crippen molar-refractivity contribution < 1.29 is 14.3 Å². The number of anilines is 1. The zero-order valence-electron chi connectivity index (χ0n) is 20.4. The van der Waals surface area contributed by atoms with Gasteiger partial charge in [-0.05, 0) is 71.0 Å². The Morgan fingerprint density at radius 2 is 1.72 bits per heavy atom. The number of nitrogens with one attached hydrogen (secondary N) is 1. The molecule has 2 fully saturated rings. The normalized spacial score (nSPS) is 18.6. The molecule has 6 nitrogen and oxygen atoms in total. The topological polar surface area (TPSA) is 61.9 Å². The lowest BCUT2D eigenvalue weighted by Gasteiger charge is -2.33. The average molecular weight is 444 g/mol. The van der Waals surface area contributed by atoms with Crippen LogP contribution in [0.4, 0.5) is 10.5 Å². The van der Waals surface area contributed by atoms with Crippen LogP contribution in [0.1, 0.15) is 77.7 Å². The molecule has 2 amide bonds. The van der Waals surface area contributed by atoms with E-state index in [-0.39, 0.29) is 12.0 Å². The highest BCUT2D eigenvalue weighted by Gasteiger charge is 2.28. The highest BCUT2D eigenvalue weighted by molar-refractivity contribution is 5.91. The van der Waals surface area contributed by atoms with E-state index in [1.807, 2.05) is 39.0 Å². The van der Waals surface area contributed by atoms with Gasteiger partial charge in [-0.15, -0.1) is 0 Å². The molecule has 2 aliphatic rings. The number of likely N-dealkylation sites (tertiary alicyclic amines) is 1. The Bertz CT molecular complexity index is 760. The molecule has 1 aliphatic carbocycles. The molecule has 0 atom stereocenters. The van der Waals surface area contributed by atoms with Gasteiger partial charge in [0.25, 0.3) is 0 Å². The van der Waals surface area contributed by atoms with Crippen molar-refractivity contribution in [3.63, 3.8) is 0 Å². The quantitative estimate of drug-likeness (QED) is 0.637. The second-order valence-corrected chi connectivity index (χ2v) is 10.5. The van der Waals surface area contributed by atoms with Crippen LogP contribution in [0.25, 0.3) is 0 Å². The molecule has 1 saturated heterocycles. The van der Waals surface area contributed by atoms with E-state index < -0.39 is 5.60 Å². The molecule has 178 valence electrons. The number of amides is 2. The number of piperidine rings is 1. The maximum Gasteiger partial charge on any atom is 0.410 e. The lowest BCUT2D eigenvalue weighted by molar-refractivity contribution is -0.117. The first kappa shape index (κ1) is 24.6. The molecule has 1 saturated carbocycles. The summed E-state index contributed by atoms with van der Waals surface area (Å²) >= 11 is 0. The Balaban J connectivity index is 1.48. The lowest BCUT2D eigenvalue weighted by atomic mass is 9.93. The second kappa shape index (κ2) is 11.2. The second-order valence-electron chi connectivity index (χ2n) is 10.5. The van der Waals surface area contributed by atoms with Crippen molar-refractivity contribution in [1.82, 2.24) is 9.80 Å². The molecule has 0 spiro atoms. The number of nitrogens with zero attached hydrogens (tertiary/aromatic N) is 2. The number of carbonyl (C=O) groups is 2. The minimum atomic E-state index is -0.480. The van der Waals surface area contributed by atoms with Gasteiger partial charge < -0.3 is 15.0 Å². The summed E-state index contributed by atoms with van der Waals surface area (Å²) in [7, 11) is 2.20. The van der Waals surface area contributed by atoms with Gasteiger partial charge in [0, 0.05) is 37.8 Å². The third-order valence-electron chi connectivity index (χ3n) is 6.65. The number of carbonyl (C=O) groups excluding carboxylic acids is 2. The van der Waals surface area contributed by atoms with Gasteiger partial charge in [-0.25, -0.2) is 4.79 Å². The summed E-state index contributed by atoms with van der Waals surface area (Å²) in [5.41, 5.74) is 1.62. The Kier molecular flexibility index (Phi) is 8.57. The van der Waals surface area contributed by atoms with E-state index in [4.69, 9.17) is 4.74 Å². The van der Waals surface area contributed by atoms with Crippen LogP contribution < -0.4 is 5.32 Å². The Hall–Kier alpha value is -2.08. The molecule has 0 radical (unpaired) electrons. The molecule has 1 N–H and O–H groups in total. The van der Waals surface area contributed by atoms with Crippen molar-refractivity contribution in [2.75, 3.05) is 25.5 Å². The fraction of sp³-hybridized carbons (Fsp3) is 0.692. The van der Waals surface area contributed by atoms with Gasteiger partial charge in [-0.1, -0.05) is 37.5 Å². The van der Waals surface area contributed by atoms with Crippen LogP contribution in [0.5, 0.6) is 0 Å². The predicted octanol–water partition coefficient (Wildman–Crippen LogP) is 5.43. The summed E-state index contributed by atoms with van der Waals surface area (Å²) < 4.78 is 5.46. The molecular weight excluding hydrogens is 402 g/mol. The first-order chi connectivity index (χ1) is 15.2. The molecule has 0 bridgehead atoms. The third-order valence-corrected chi connectivity index (χ3v) is 6.65. The monoisotopic (exact) mass is 443 g/mol. The SMILES string of the molecule is CN(Cc1ccccc1NC(=O)CC1CCN(C(=O)OC(C)(C)C)CC1)C1CCCCC1. The van der Waals surface area contributed by atoms with Crippen LogP contribution in [-0.4, -0.2) is 53.6 Å². The summed E-state index contributed by atoms with van der Waals surface area (Å²) in [6.45, 7) is 7.80. The zero-order chi connectivity index (χ0) is 23.1. The van der Waals surface area contributed by atoms with Crippen LogP contribution in [0.2, 0.25) is 0 Å². The van der Waals surface area contributed by atoms with Crippen molar-refractivity contribution in [1.29, 1.82) is 0 Å². The van der Waals surface area contributed by atoms with E-state index in [1.54, 1.807) is 4.90 Å². The van der Waals surface area contributed by atoms with Gasteiger partial charge in [-0.2, -0.15) is 0 Å². The average Bonchev–Trinajstić information content (AvgIpc) is 2.75. The maximum atomic E-state index is 12.8. The molecular formula is C26H41N3O3. The van der Waals surface area contributed by atoms with Crippen molar-refractivity contribution in [3.05, 3.63) is 29.8 Å². The summed E-state index contributed by atoms with van der Waals surface area (Å²) in [6, 6.07) is 8.80. The van der Waals surface area contributed by atoms with Crippen LogP contribution in [0.3, 0.4) is 0 Å². The zero-order valence-corrected chi connectivity index (χ0v) is 20.4. The Labute approximate surface area is 193 Å². The molecule has 1 aliphatic heterocycles. The smallest absolute Gasteiger partial charge is 0.410 e. The first-order valence-corrected chi connectivity index (χ1v) is 12.3.